The number of aliphatic hydroxyl groups excluding tert-OH is 1. The van der Waals surface area contributed by atoms with E-state index in [0.29, 0.717) is 6.04 Å². The third-order valence-corrected chi connectivity index (χ3v) is 2.49. The SMILES string of the molecule is C[C@@H]1CC[C@@H](N[C@@H](C)CO)C1. The van der Waals surface area contributed by atoms with Gasteiger partial charge < -0.3 is 10.4 Å². The van der Waals surface area contributed by atoms with Crippen molar-refractivity contribution in [2.45, 2.75) is 45.2 Å². The van der Waals surface area contributed by atoms with Crippen molar-refractivity contribution in [1.82, 2.24) is 5.32 Å². The van der Waals surface area contributed by atoms with Gasteiger partial charge in [-0.2, -0.15) is 0 Å². The molecule has 0 aromatic heterocycles. The summed E-state index contributed by atoms with van der Waals surface area (Å²) in [6.07, 6.45) is 3.91. The summed E-state index contributed by atoms with van der Waals surface area (Å²) in [5, 5.41) is 12.2. The summed E-state index contributed by atoms with van der Waals surface area (Å²) in [4.78, 5) is 0. The Morgan fingerprint density at radius 3 is 2.73 bits per heavy atom. The maximum absolute atomic E-state index is 8.80. The molecule has 1 rings (SSSR count). The van der Waals surface area contributed by atoms with Crippen molar-refractivity contribution in [3.63, 3.8) is 0 Å². The van der Waals surface area contributed by atoms with Gasteiger partial charge >= 0.3 is 0 Å². The average Bonchev–Trinajstić information content (AvgIpc) is 2.35. The summed E-state index contributed by atoms with van der Waals surface area (Å²) in [5.74, 6) is 0.874. The van der Waals surface area contributed by atoms with Gasteiger partial charge in [-0.25, -0.2) is 0 Å². The first kappa shape index (κ1) is 9.01. The van der Waals surface area contributed by atoms with Crippen LogP contribution in [-0.4, -0.2) is 23.8 Å². The van der Waals surface area contributed by atoms with Crippen molar-refractivity contribution >= 4 is 0 Å². The molecule has 1 fully saturated rings. The fourth-order valence-electron chi connectivity index (χ4n) is 1.81. The second kappa shape index (κ2) is 4.07. The molecule has 0 aromatic rings. The van der Waals surface area contributed by atoms with Gasteiger partial charge in [-0.15, -0.1) is 0 Å². The molecule has 1 saturated carbocycles. The Morgan fingerprint density at radius 2 is 2.27 bits per heavy atom. The smallest absolute Gasteiger partial charge is 0.0582 e. The molecule has 2 heteroatoms. The van der Waals surface area contributed by atoms with Crippen molar-refractivity contribution in [2.24, 2.45) is 5.92 Å². The molecule has 66 valence electrons. The second-order valence-electron chi connectivity index (χ2n) is 3.87. The van der Waals surface area contributed by atoms with E-state index in [4.69, 9.17) is 5.11 Å². The molecule has 2 nitrogen and oxygen atoms in total. The zero-order chi connectivity index (χ0) is 8.27. The molecular weight excluding hydrogens is 138 g/mol. The zero-order valence-electron chi connectivity index (χ0n) is 7.51. The van der Waals surface area contributed by atoms with Crippen LogP contribution in [0, 0.1) is 5.92 Å². The van der Waals surface area contributed by atoms with Gasteiger partial charge in [-0.3, -0.25) is 0 Å². The zero-order valence-corrected chi connectivity index (χ0v) is 7.51. The monoisotopic (exact) mass is 157 g/mol. The van der Waals surface area contributed by atoms with Crippen molar-refractivity contribution in [3.8, 4) is 0 Å². The van der Waals surface area contributed by atoms with Gasteiger partial charge in [0.1, 0.15) is 0 Å². The predicted octanol–water partition coefficient (Wildman–Crippen LogP) is 1.15. The van der Waals surface area contributed by atoms with E-state index in [1.807, 2.05) is 6.92 Å². The van der Waals surface area contributed by atoms with Gasteiger partial charge in [-0.1, -0.05) is 6.92 Å². The fraction of sp³-hybridized carbons (Fsp3) is 1.00. The first-order chi connectivity index (χ1) is 5.22. The van der Waals surface area contributed by atoms with E-state index in [1.54, 1.807) is 0 Å². The average molecular weight is 157 g/mol. The van der Waals surface area contributed by atoms with Gasteiger partial charge in [-0.05, 0) is 32.1 Å². The molecule has 11 heavy (non-hydrogen) atoms. The lowest BCUT2D eigenvalue weighted by molar-refractivity contribution is 0.240. The van der Waals surface area contributed by atoms with Gasteiger partial charge in [0, 0.05) is 12.1 Å². The van der Waals surface area contributed by atoms with E-state index in [-0.39, 0.29) is 12.6 Å². The normalized spacial score (nSPS) is 34.1. The molecule has 0 aromatic carbocycles. The quantitative estimate of drug-likeness (QED) is 0.644. The number of nitrogens with one attached hydrogen (secondary N) is 1. The number of rotatable bonds is 3. The van der Waals surface area contributed by atoms with Gasteiger partial charge in [0.05, 0.1) is 6.61 Å². The van der Waals surface area contributed by atoms with Crippen molar-refractivity contribution in [1.29, 1.82) is 0 Å². The van der Waals surface area contributed by atoms with Crippen LogP contribution in [-0.2, 0) is 0 Å². The molecule has 0 aliphatic heterocycles. The summed E-state index contributed by atoms with van der Waals surface area (Å²) in [6.45, 7) is 4.58. The van der Waals surface area contributed by atoms with Crippen molar-refractivity contribution < 1.29 is 5.11 Å². The van der Waals surface area contributed by atoms with Crippen LogP contribution in [0.4, 0.5) is 0 Å². The Bertz CT molecular complexity index is 116. The number of hydrogen-bond acceptors (Lipinski definition) is 2. The van der Waals surface area contributed by atoms with Crippen LogP contribution in [0.3, 0.4) is 0 Å². The maximum atomic E-state index is 8.80. The van der Waals surface area contributed by atoms with Gasteiger partial charge in [0.25, 0.3) is 0 Å². The van der Waals surface area contributed by atoms with Crippen molar-refractivity contribution in [2.75, 3.05) is 6.61 Å². The van der Waals surface area contributed by atoms with E-state index in [9.17, 15) is 0 Å². The molecule has 0 unspecified atom stereocenters. The lowest BCUT2D eigenvalue weighted by Crippen LogP contribution is -2.37. The van der Waals surface area contributed by atoms with E-state index in [1.165, 1.54) is 19.3 Å². The van der Waals surface area contributed by atoms with Crippen LogP contribution >= 0.6 is 0 Å². The molecule has 1 aliphatic rings. The van der Waals surface area contributed by atoms with Crippen LogP contribution in [0.5, 0.6) is 0 Å². The highest BCUT2D eigenvalue weighted by Crippen LogP contribution is 2.24. The first-order valence-corrected chi connectivity index (χ1v) is 4.59. The largest absolute Gasteiger partial charge is 0.395 e. The summed E-state index contributed by atoms with van der Waals surface area (Å²) >= 11 is 0. The first-order valence-electron chi connectivity index (χ1n) is 4.59. The molecule has 0 heterocycles. The lowest BCUT2D eigenvalue weighted by atomic mass is 10.1. The highest BCUT2D eigenvalue weighted by atomic mass is 16.3. The van der Waals surface area contributed by atoms with Crippen molar-refractivity contribution in [3.05, 3.63) is 0 Å². The Labute approximate surface area is 69.0 Å². The van der Waals surface area contributed by atoms with E-state index < -0.39 is 0 Å². The summed E-state index contributed by atoms with van der Waals surface area (Å²) < 4.78 is 0. The molecule has 2 N–H and O–H groups in total. The molecule has 0 bridgehead atoms. The summed E-state index contributed by atoms with van der Waals surface area (Å²) in [5.41, 5.74) is 0. The Morgan fingerprint density at radius 1 is 1.55 bits per heavy atom. The van der Waals surface area contributed by atoms with E-state index >= 15 is 0 Å². The number of hydrogen-bond donors (Lipinski definition) is 2. The minimum atomic E-state index is 0.255. The molecule has 0 saturated heterocycles. The topological polar surface area (TPSA) is 32.3 Å². The van der Waals surface area contributed by atoms with E-state index in [2.05, 4.69) is 12.2 Å². The van der Waals surface area contributed by atoms with Crippen LogP contribution < -0.4 is 5.32 Å². The molecule has 0 spiro atoms. The molecule has 1 aliphatic carbocycles. The Balaban J connectivity index is 2.17. The maximum Gasteiger partial charge on any atom is 0.0582 e. The Kier molecular flexibility index (Phi) is 3.34. The summed E-state index contributed by atoms with van der Waals surface area (Å²) in [6, 6.07) is 0.928. The fourth-order valence-corrected chi connectivity index (χ4v) is 1.81. The van der Waals surface area contributed by atoms with Gasteiger partial charge in [0.15, 0.2) is 0 Å². The van der Waals surface area contributed by atoms with Gasteiger partial charge in [0.2, 0.25) is 0 Å². The van der Waals surface area contributed by atoms with Crippen LogP contribution in [0.25, 0.3) is 0 Å². The third kappa shape index (κ3) is 2.80. The Hall–Kier alpha value is -0.0800. The molecular formula is C9H19NO. The van der Waals surface area contributed by atoms with Crippen LogP contribution in [0.1, 0.15) is 33.1 Å². The highest BCUT2D eigenvalue weighted by molar-refractivity contribution is 4.80. The standard InChI is InChI=1S/C9H19NO/c1-7-3-4-9(5-7)10-8(2)6-11/h7-11H,3-6H2,1-2H3/t7-,8+,9-/m1/s1. The van der Waals surface area contributed by atoms with E-state index in [0.717, 1.165) is 5.92 Å². The second-order valence-corrected chi connectivity index (χ2v) is 3.87. The molecule has 0 amide bonds. The highest BCUT2D eigenvalue weighted by Gasteiger charge is 2.21. The number of aliphatic hydroxyl groups is 1. The minimum Gasteiger partial charge on any atom is -0.395 e. The molecule has 0 radical (unpaired) electrons. The predicted molar refractivity (Wildman–Crippen MR) is 46.5 cm³/mol. The molecule has 3 atom stereocenters. The van der Waals surface area contributed by atoms with Crippen LogP contribution in [0.15, 0.2) is 0 Å². The third-order valence-electron chi connectivity index (χ3n) is 2.49. The lowest BCUT2D eigenvalue weighted by Gasteiger charge is -2.16. The minimum absolute atomic E-state index is 0.255. The summed E-state index contributed by atoms with van der Waals surface area (Å²) in [7, 11) is 0. The van der Waals surface area contributed by atoms with Crippen LogP contribution in [0.2, 0.25) is 0 Å².